The maximum Gasteiger partial charge on any atom is 0.181 e. The molecule has 1 unspecified atom stereocenters. The number of pyridine rings is 1. The third-order valence-electron chi connectivity index (χ3n) is 4.98. The second-order valence-corrected chi connectivity index (χ2v) is 6.81. The highest BCUT2D eigenvalue weighted by atomic mass is 19.1. The van der Waals surface area contributed by atoms with Gasteiger partial charge in [-0.15, -0.1) is 0 Å². The Morgan fingerprint density at radius 2 is 2.16 bits per heavy atom. The zero-order valence-electron chi connectivity index (χ0n) is 14.5. The predicted octanol–water partition coefficient (Wildman–Crippen LogP) is 3.12. The molecule has 6 heteroatoms. The molecule has 1 saturated heterocycles. The number of H-pyrrole nitrogens is 1. The second kappa shape index (κ2) is 6.44. The van der Waals surface area contributed by atoms with Gasteiger partial charge >= 0.3 is 0 Å². The molecule has 1 aliphatic rings. The van der Waals surface area contributed by atoms with Gasteiger partial charge in [-0.25, -0.2) is 9.37 Å². The first kappa shape index (κ1) is 16.0. The first-order chi connectivity index (χ1) is 12.1. The zero-order valence-corrected chi connectivity index (χ0v) is 14.5. The van der Waals surface area contributed by atoms with Crippen LogP contribution in [0.25, 0.3) is 11.0 Å². The van der Waals surface area contributed by atoms with Crippen LogP contribution < -0.4 is 4.90 Å². The fraction of sp³-hybridized carbons (Fsp3) is 0.368. The number of aromatic nitrogens is 3. The Morgan fingerprint density at radius 3 is 2.96 bits per heavy atom. The highest BCUT2D eigenvalue weighted by Crippen LogP contribution is 2.22. The van der Waals surface area contributed by atoms with E-state index in [4.69, 9.17) is 0 Å². The van der Waals surface area contributed by atoms with E-state index in [1.54, 1.807) is 12.1 Å². The molecule has 1 aliphatic heterocycles. The van der Waals surface area contributed by atoms with Gasteiger partial charge in [0.05, 0.1) is 0 Å². The van der Waals surface area contributed by atoms with Gasteiger partial charge in [0.1, 0.15) is 5.82 Å². The number of nitrogens with one attached hydrogen (secondary N) is 1. The summed E-state index contributed by atoms with van der Waals surface area (Å²) in [4.78, 5) is 9.15. The predicted molar refractivity (Wildman–Crippen MR) is 97.1 cm³/mol. The van der Waals surface area contributed by atoms with E-state index in [0.29, 0.717) is 6.04 Å². The summed E-state index contributed by atoms with van der Waals surface area (Å²) in [6.45, 7) is 7.84. The van der Waals surface area contributed by atoms with E-state index in [1.165, 1.54) is 11.6 Å². The summed E-state index contributed by atoms with van der Waals surface area (Å²) in [7, 11) is 0. The summed E-state index contributed by atoms with van der Waals surface area (Å²) in [5.74, 6) is -0.178. The van der Waals surface area contributed by atoms with E-state index in [-0.39, 0.29) is 5.82 Å². The van der Waals surface area contributed by atoms with Gasteiger partial charge in [0.25, 0.3) is 0 Å². The summed E-state index contributed by atoms with van der Waals surface area (Å²) in [5.41, 5.74) is 3.98. The van der Waals surface area contributed by atoms with Crippen LogP contribution in [0.2, 0.25) is 0 Å². The SMILES string of the molecule is Cc1[nH]nc2ncc(CN3CCN(c4cccc(F)c4)CC3C)cc12. The lowest BCUT2D eigenvalue weighted by Gasteiger charge is -2.41. The van der Waals surface area contributed by atoms with Crippen LogP contribution in [0.4, 0.5) is 10.1 Å². The maximum atomic E-state index is 13.5. The van der Waals surface area contributed by atoms with Gasteiger partial charge in [-0.3, -0.25) is 10.00 Å². The van der Waals surface area contributed by atoms with Crippen LogP contribution in [0.15, 0.2) is 36.5 Å². The minimum Gasteiger partial charge on any atom is -0.369 e. The third-order valence-corrected chi connectivity index (χ3v) is 4.98. The summed E-state index contributed by atoms with van der Waals surface area (Å²) in [6.07, 6.45) is 1.91. The topological polar surface area (TPSA) is 48.1 Å². The zero-order chi connectivity index (χ0) is 17.4. The Labute approximate surface area is 146 Å². The highest BCUT2D eigenvalue weighted by Gasteiger charge is 2.24. The molecule has 1 N–H and O–H groups in total. The van der Waals surface area contributed by atoms with Crippen molar-refractivity contribution in [3.05, 3.63) is 53.6 Å². The van der Waals surface area contributed by atoms with Crippen molar-refractivity contribution in [1.82, 2.24) is 20.1 Å². The number of hydrogen-bond donors (Lipinski definition) is 1. The standard InChI is InChI=1S/C19H22FN5/c1-13-11-25(17-5-3-4-16(20)9-17)7-6-24(13)12-15-8-18-14(2)22-23-19(18)21-10-15/h3-5,8-10,13H,6-7,11-12H2,1-2H3,(H,21,22,23). The number of nitrogens with zero attached hydrogens (tertiary/aromatic N) is 4. The largest absolute Gasteiger partial charge is 0.369 e. The number of aromatic amines is 1. The van der Waals surface area contributed by atoms with E-state index >= 15 is 0 Å². The number of aryl methyl sites for hydroxylation is 1. The molecule has 3 heterocycles. The van der Waals surface area contributed by atoms with Crippen molar-refractivity contribution in [1.29, 1.82) is 0 Å². The molecule has 0 saturated carbocycles. The Morgan fingerprint density at radius 1 is 1.28 bits per heavy atom. The fourth-order valence-corrected chi connectivity index (χ4v) is 3.52. The molecular weight excluding hydrogens is 317 g/mol. The van der Waals surface area contributed by atoms with Crippen molar-refractivity contribution in [3.8, 4) is 0 Å². The Balaban J connectivity index is 1.46. The Bertz CT molecular complexity index is 890. The van der Waals surface area contributed by atoms with Gasteiger partial charge in [0.15, 0.2) is 5.65 Å². The minimum absolute atomic E-state index is 0.178. The van der Waals surface area contributed by atoms with Gasteiger partial charge in [0.2, 0.25) is 0 Å². The fourth-order valence-electron chi connectivity index (χ4n) is 3.52. The molecule has 130 valence electrons. The molecule has 0 amide bonds. The monoisotopic (exact) mass is 339 g/mol. The van der Waals surface area contributed by atoms with Gasteiger partial charge in [0, 0.05) is 55.2 Å². The van der Waals surface area contributed by atoms with E-state index in [1.807, 2.05) is 19.2 Å². The van der Waals surface area contributed by atoms with Crippen molar-refractivity contribution in [2.75, 3.05) is 24.5 Å². The van der Waals surface area contributed by atoms with Crippen LogP contribution in [0.3, 0.4) is 0 Å². The Kier molecular flexibility index (Phi) is 4.13. The smallest absolute Gasteiger partial charge is 0.181 e. The molecule has 5 nitrogen and oxygen atoms in total. The molecule has 4 rings (SSSR count). The van der Waals surface area contributed by atoms with Gasteiger partial charge in [-0.1, -0.05) is 6.07 Å². The van der Waals surface area contributed by atoms with E-state index in [9.17, 15) is 4.39 Å². The lowest BCUT2D eigenvalue weighted by atomic mass is 10.1. The van der Waals surface area contributed by atoms with Crippen molar-refractivity contribution in [2.45, 2.75) is 26.4 Å². The molecule has 1 atom stereocenters. The lowest BCUT2D eigenvalue weighted by molar-refractivity contribution is 0.181. The molecule has 1 aromatic carbocycles. The number of hydrogen-bond acceptors (Lipinski definition) is 4. The van der Waals surface area contributed by atoms with Gasteiger partial charge < -0.3 is 4.90 Å². The lowest BCUT2D eigenvalue weighted by Crippen LogP contribution is -2.51. The molecule has 3 aromatic rings. The summed E-state index contributed by atoms with van der Waals surface area (Å²) in [6, 6.07) is 9.41. The van der Waals surface area contributed by atoms with Crippen LogP contribution in [-0.4, -0.2) is 45.8 Å². The van der Waals surface area contributed by atoms with Crippen LogP contribution in [0.5, 0.6) is 0 Å². The van der Waals surface area contributed by atoms with Crippen LogP contribution in [-0.2, 0) is 6.54 Å². The third kappa shape index (κ3) is 3.22. The average Bonchev–Trinajstić information content (AvgIpc) is 2.97. The molecule has 0 spiro atoms. The molecule has 0 aliphatic carbocycles. The van der Waals surface area contributed by atoms with E-state index in [0.717, 1.165) is 48.6 Å². The maximum absolute atomic E-state index is 13.5. The first-order valence-corrected chi connectivity index (χ1v) is 8.64. The van der Waals surface area contributed by atoms with E-state index < -0.39 is 0 Å². The number of piperazine rings is 1. The second-order valence-electron chi connectivity index (χ2n) is 6.81. The normalized spacial score (nSPS) is 18.8. The molecular formula is C19H22FN5. The number of benzene rings is 1. The van der Waals surface area contributed by atoms with Gasteiger partial charge in [-0.2, -0.15) is 5.10 Å². The number of halogens is 1. The van der Waals surface area contributed by atoms with Crippen LogP contribution >= 0.6 is 0 Å². The molecule has 0 radical (unpaired) electrons. The number of rotatable bonds is 3. The average molecular weight is 339 g/mol. The van der Waals surface area contributed by atoms with E-state index in [2.05, 4.69) is 38.0 Å². The molecule has 0 bridgehead atoms. The molecule has 25 heavy (non-hydrogen) atoms. The Hall–Kier alpha value is -2.47. The first-order valence-electron chi connectivity index (χ1n) is 8.64. The number of anilines is 1. The highest BCUT2D eigenvalue weighted by molar-refractivity contribution is 5.77. The quantitative estimate of drug-likeness (QED) is 0.796. The molecule has 1 fully saturated rings. The van der Waals surface area contributed by atoms with Crippen molar-refractivity contribution in [3.63, 3.8) is 0 Å². The van der Waals surface area contributed by atoms with Crippen molar-refractivity contribution < 1.29 is 4.39 Å². The molecule has 2 aromatic heterocycles. The van der Waals surface area contributed by atoms with Crippen molar-refractivity contribution in [2.24, 2.45) is 0 Å². The summed E-state index contributed by atoms with van der Waals surface area (Å²) < 4.78 is 13.5. The van der Waals surface area contributed by atoms with Crippen LogP contribution in [0.1, 0.15) is 18.2 Å². The van der Waals surface area contributed by atoms with Gasteiger partial charge in [-0.05, 0) is 43.7 Å². The van der Waals surface area contributed by atoms with Crippen LogP contribution in [0, 0.1) is 12.7 Å². The number of fused-ring (bicyclic) bond motifs is 1. The summed E-state index contributed by atoms with van der Waals surface area (Å²) in [5, 5.41) is 8.25. The summed E-state index contributed by atoms with van der Waals surface area (Å²) >= 11 is 0. The minimum atomic E-state index is -0.178. The van der Waals surface area contributed by atoms with Crippen molar-refractivity contribution >= 4 is 16.7 Å².